The lowest BCUT2D eigenvalue weighted by molar-refractivity contribution is -0.139. The lowest BCUT2D eigenvalue weighted by Crippen LogP contribution is -2.13. The molecule has 1 unspecified atom stereocenters. The SMILES string of the molecule is O=C(O)C(CCC(S)S)c1ccccn1. The molecule has 1 N–H and O–H groups in total. The lowest BCUT2D eigenvalue weighted by Gasteiger charge is -2.12. The zero-order valence-corrected chi connectivity index (χ0v) is 9.86. The van der Waals surface area contributed by atoms with E-state index in [4.69, 9.17) is 5.11 Å². The molecule has 3 nitrogen and oxygen atoms in total. The second-order valence-corrected chi connectivity index (χ2v) is 4.86. The van der Waals surface area contributed by atoms with Crippen LogP contribution in [0.25, 0.3) is 0 Å². The molecule has 0 bridgehead atoms. The van der Waals surface area contributed by atoms with Gasteiger partial charge in [-0.25, -0.2) is 0 Å². The maximum atomic E-state index is 11.0. The highest BCUT2D eigenvalue weighted by molar-refractivity contribution is 7.99. The molecule has 1 aromatic heterocycles. The number of nitrogens with zero attached hydrogens (tertiary/aromatic N) is 1. The molecule has 1 aromatic rings. The first-order valence-corrected chi connectivity index (χ1v) is 5.64. The van der Waals surface area contributed by atoms with E-state index in [1.807, 2.05) is 0 Å². The summed E-state index contributed by atoms with van der Waals surface area (Å²) < 4.78 is -0.0874. The Labute approximate surface area is 99.7 Å². The number of aliphatic carboxylic acids is 1. The quantitative estimate of drug-likeness (QED) is 0.549. The average molecular weight is 243 g/mol. The first kappa shape index (κ1) is 12.4. The smallest absolute Gasteiger partial charge is 0.312 e. The van der Waals surface area contributed by atoms with Crippen molar-refractivity contribution in [2.75, 3.05) is 0 Å². The van der Waals surface area contributed by atoms with Crippen molar-refractivity contribution < 1.29 is 9.90 Å². The number of pyridine rings is 1. The second-order valence-electron chi connectivity index (χ2n) is 3.20. The predicted molar refractivity (Wildman–Crippen MR) is 65.6 cm³/mol. The summed E-state index contributed by atoms with van der Waals surface area (Å²) in [6, 6.07) is 5.28. The normalized spacial score (nSPS) is 12.7. The fraction of sp³-hybridized carbons (Fsp3) is 0.400. The van der Waals surface area contributed by atoms with Crippen LogP contribution in [0.4, 0.5) is 0 Å². The molecule has 0 radical (unpaired) electrons. The number of carbonyl (C=O) groups is 1. The van der Waals surface area contributed by atoms with Gasteiger partial charge in [-0.2, -0.15) is 25.3 Å². The summed E-state index contributed by atoms with van der Waals surface area (Å²) in [4.78, 5) is 15.1. The van der Waals surface area contributed by atoms with Crippen LogP contribution in [0.3, 0.4) is 0 Å². The number of carboxylic acids is 1. The van der Waals surface area contributed by atoms with Crippen molar-refractivity contribution in [3.63, 3.8) is 0 Å². The van der Waals surface area contributed by atoms with Gasteiger partial charge >= 0.3 is 5.97 Å². The van der Waals surface area contributed by atoms with Crippen molar-refractivity contribution in [2.24, 2.45) is 0 Å². The number of hydrogen-bond donors (Lipinski definition) is 3. The fourth-order valence-electron chi connectivity index (χ4n) is 1.30. The Balaban J connectivity index is 2.71. The summed E-state index contributed by atoms with van der Waals surface area (Å²) in [5, 5.41) is 9.05. The van der Waals surface area contributed by atoms with Gasteiger partial charge in [-0.3, -0.25) is 9.78 Å². The molecule has 0 saturated heterocycles. The molecular weight excluding hydrogens is 230 g/mol. The van der Waals surface area contributed by atoms with Crippen LogP contribution in [-0.4, -0.2) is 20.6 Å². The van der Waals surface area contributed by atoms with Crippen molar-refractivity contribution >= 4 is 31.2 Å². The molecule has 0 aromatic carbocycles. The third-order valence-electron chi connectivity index (χ3n) is 2.06. The van der Waals surface area contributed by atoms with Crippen molar-refractivity contribution in [3.05, 3.63) is 30.1 Å². The topological polar surface area (TPSA) is 50.2 Å². The molecule has 0 saturated carbocycles. The Morgan fingerprint density at radius 2 is 2.13 bits per heavy atom. The highest BCUT2D eigenvalue weighted by Crippen LogP contribution is 2.22. The van der Waals surface area contributed by atoms with Crippen LogP contribution in [-0.2, 0) is 4.79 Å². The zero-order valence-electron chi connectivity index (χ0n) is 8.08. The molecule has 82 valence electrons. The summed E-state index contributed by atoms with van der Waals surface area (Å²) in [6.07, 6.45) is 2.74. The summed E-state index contributed by atoms with van der Waals surface area (Å²) in [5.74, 6) is -1.41. The minimum Gasteiger partial charge on any atom is -0.481 e. The molecule has 15 heavy (non-hydrogen) atoms. The van der Waals surface area contributed by atoms with E-state index in [2.05, 4.69) is 30.2 Å². The highest BCUT2D eigenvalue weighted by Gasteiger charge is 2.20. The average Bonchev–Trinajstić information content (AvgIpc) is 2.18. The van der Waals surface area contributed by atoms with Gasteiger partial charge < -0.3 is 5.11 Å². The van der Waals surface area contributed by atoms with E-state index in [0.717, 1.165) is 0 Å². The monoisotopic (exact) mass is 243 g/mol. The Bertz CT molecular complexity index is 316. The van der Waals surface area contributed by atoms with Crippen LogP contribution in [0.2, 0.25) is 0 Å². The summed E-state index contributed by atoms with van der Waals surface area (Å²) in [7, 11) is 0. The van der Waals surface area contributed by atoms with Crippen LogP contribution in [0.1, 0.15) is 24.5 Å². The summed E-state index contributed by atoms with van der Waals surface area (Å²) in [5.41, 5.74) is 0.590. The van der Waals surface area contributed by atoms with Gasteiger partial charge in [0, 0.05) is 10.8 Å². The van der Waals surface area contributed by atoms with Gasteiger partial charge in [0.15, 0.2) is 0 Å². The Morgan fingerprint density at radius 3 is 2.60 bits per heavy atom. The van der Waals surface area contributed by atoms with Crippen molar-refractivity contribution in [3.8, 4) is 0 Å². The van der Waals surface area contributed by atoms with Crippen LogP contribution in [0, 0.1) is 0 Å². The van der Waals surface area contributed by atoms with E-state index in [1.54, 1.807) is 24.4 Å². The van der Waals surface area contributed by atoms with E-state index in [-0.39, 0.29) is 4.58 Å². The largest absolute Gasteiger partial charge is 0.481 e. The fourth-order valence-corrected chi connectivity index (χ4v) is 1.59. The van der Waals surface area contributed by atoms with Gasteiger partial charge in [0.05, 0.1) is 11.6 Å². The zero-order chi connectivity index (χ0) is 11.3. The third-order valence-corrected chi connectivity index (χ3v) is 2.57. The first-order valence-electron chi connectivity index (χ1n) is 4.61. The van der Waals surface area contributed by atoms with E-state index in [0.29, 0.717) is 18.5 Å². The van der Waals surface area contributed by atoms with E-state index >= 15 is 0 Å². The highest BCUT2D eigenvalue weighted by atomic mass is 32.2. The van der Waals surface area contributed by atoms with Crippen molar-refractivity contribution in [2.45, 2.75) is 23.3 Å². The van der Waals surface area contributed by atoms with Gasteiger partial charge in [-0.15, -0.1) is 0 Å². The van der Waals surface area contributed by atoms with E-state index in [9.17, 15) is 4.79 Å². The van der Waals surface area contributed by atoms with Crippen LogP contribution < -0.4 is 0 Å². The third kappa shape index (κ3) is 4.13. The molecule has 0 amide bonds. The summed E-state index contributed by atoms with van der Waals surface area (Å²) >= 11 is 8.21. The maximum absolute atomic E-state index is 11.0. The Morgan fingerprint density at radius 1 is 1.40 bits per heavy atom. The number of thiol groups is 2. The second kappa shape index (κ2) is 6.02. The van der Waals surface area contributed by atoms with Gasteiger partial charge in [-0.1, -0.05) is 6.07 Å². The van der Waals surface area contributed by atoms with E-state index in [1.165, 1.54) is 0 Å². The van der Waals surface area contributed by atoms with Crippen molar-refractivity contribution in [1.82, 2.24) is 4.98 Å². The number of hydrogen-bond acceptors (Lipinski definition) is 4. The molecule has 0 fully saturated rings. The van der Waals surface area contributed by atoms with Crippen LogP contribution in [0.15, 0.2) is 24.4 Å². The molecular formula is C10H13NO2S2. The molecule has 0 aliphatic heterocycles. The van der Waals surface area contributed by atoms with Gasteiger partial charge in [0.25, 0.3) is 0 Å². The summed E-state index contributed by atoms with van der Waals surface area (Å²) in [6.45, 7) is 0. The molecule has 0 aliphatic carbocycles. The van der Waals surface area contributed by atoms with Crippen molar-refractivity contribution in [1.29, 1.82) is 0 Å². The molecule has 1 rings (SSSR count). The van der Waals surface area contributed by atoms with Crippen LogP contribution >= 0.6 is 25.3 Å². The first-order chi connectivity index (χ1) is 7.11. The molecule has 0 aliphatic rings. The van der Waals surface area contributed by atoms with Gasteiger partial charge in [-0.05, 0) is 25.0 Å². The lowest BCUT2D eigenvalue weighted by atomic mass is 9.99. The van der Waals surface area contributed by atoms with Gasteiger partial charge in [0.1, 0.15) is 0 Å². The molecule has 1 heterocycles. The van der Waals surface area contributed by atoms with Gasteiger partial charge in [0.2, 0.25) is 0 Å². The molecule has 0 spiro atoms. The minimum atomic E-state index is -0.851. The Hall–Kier alpha value is -0.680. The molecule has 1 atom stereocenters. The standard InChI is InChI=1S/C10H13NO2S2/c12-10(13)7(4-5-9(14)15)8-3-1-2-6-11-8/h1-3,6-7,9,14-15H,4-5H2,(H,12,13). The number of carboxylic acid groups (broad SMARTS) is 1. The maximum Gasteiger partial charge on any atom is 0.312 e. The Kier molecular flexibility index (Phi) is 4.98. The van der Waals surface area contributed by atoms with E-state index < -0.39 is 11.9 Å². The predicted octanol–water partition coefficient (Wildman–Crippen LogP) is 2.22. The van der Waals surface area contributed by atoms with Crippen LogP contribution in [0.5, 0.6) is 0 Å². The number of rotatable bonds is 5. The molecule has 5 heteroatoms. The number of aromatic nitrogens is 1. The minimum absolute atomic E-state index is 0.0874.